The van der Waals surface area contributed by atoms with Gasteiger partial charge in [0, 0.05) is 0 Å². The first-order valence-electron chi connectivity index (χ1n) is 5.90. The summed E-state index contributed by atoms with van der Waals surface area (Å²) in [7, 11) is 0. The summed E-state index contributed by atoms with van der Waals surface area (Å²) in [6.45, 7) is 0. The number of carbonyl (C=O) groups excluding carboxylic acids is 2. The normalized spacial score (nSPS) is 20.9. The molecule has 0 N–H and O–H groups in total. The number of aliphatic imine (C=N–C) groups is 2. The molecule has 0 radical (unpaired) electrons. The lowest BCUT2D eigenvalue weighted by atomic mass is 9.90. The minimum atomic E-state index is -0.470. The molecular weight excluding hydrogens is 240 g/mol. The van der Waals surface area contributed by atoms with Crippen LogP contribution in [0.2, 0.25) is 0 Å². The highest BCUT2D eigenvalue weighted by Crippen LogP contribution is 2.23. The molecule has 0 aliphatic heterocycles. The van der Waals surface area contributed by atoms with Crippen LogP contribution in [0.4, 0.5) is 0 Å². The van der Waals surface area contributed by atoms with Crippen molar-refractivity contribution < 1.29 is 9.59 Å². The Morgan fingerprint density at radius 1 is 1.05 bits per heavy atom. The summed E-state index contributed by atoms with van der Waals surface area (Å²) in [5.74, 6) is 0. The Morgan fingerprint density at radius 3 is 2.47 bits per heavy atom. The Hall–Kier alpha value is -2.54. The Balaban J connectivity index is 2.27. The third-order valence-electron chi connectivity index (χ3n) is 2.97. The van der Waals surface area contributed by atoms with Gasteiger partial charge in [-0.25, -0.2) is 9.59 Å². The lowest BCUT2D eigenvalue weighted by Gasteiger charge is -2.21. The molecule has 0 aromatic heterocycles. The maximum Gasteiger partial charge on any atom is 0.235 e. The molecule has 4 heteroatoms. The van der Waals surface area contributed by atoms with Crippen LogP contribution in [-0.2, 0) is 16.0 Å². The Kier molecular flexibility index (Phi) is 4.35. The van der Waals surface area contributed by atoms with Crippen LogP contribution < -0.4 is 0 Å². The minimum Gasteiger partial charge on any atom is -0.211 e. The SMILES string of the molecule is O=C=NC1C=CC=C(Cc2ccccc2)C1N=C=O. The van der Waals surface area contributed by atoms with Gasteiger partial charge in [-0.1, -0.05) is 48.6 Å². The van der Waals surface area contributed by atoms with E-state index in [1.54, 1.807) is 12.2 Å². The largest absolute Gasteiger partial charge is 0.235 e. The number of allylic oxidation sites excluding steroid dienone is 2. The van der Waals surface area contributed by atoms with Crippen molar-refractivity contribution in [3.63, 3.8) is 0 Å². The highest BCUT2D eigenvalue weighted by molar-refractivity contribution is 5.43. The second kappa shape index (κ2) is 6.41. The highest BCUT2D eigenvalue weighted by atomic mass is 16.1. The molecule has 0 bridgehead atoms. The van der Waals surface area contributed by atoms with E-state index >= 15 is 0 Å². The molecule has 0 amide bonds. The quantitative estimate of drug-likeness (QED) is 0.609. The van der Waals surface area contributed by atoms with Crippen LogP contribution >= 0.6 is 0 Å². The van der Waals surface area contributed by atoms with Crippen molar-refractivity contribution in [3.8, 4) is 0 Å². The Bertz CT molecular complexity index is 592. The van der Waals surface area contributed by atoms with Crippen LogP contribution in [0.15, 0.2) is 64.1 Å². The summed E-state index contributed by atoms with van der Waals surface area (Å²) in [5, 5.41) is 0. The molecule has 2 rings (SSSR count). The van der Waals surface area contributed by atoms with E-state index in [2.05, 4.69) is 9.98 Å². The van der Waals surface area contributed by atoms with E-state index in [9.17, 15) is 9.59 Å². The molecule has 0 spiro atoms. The van der Waals surface area contributed by atoms with Gasteiger partial charge in [-0.3, -0.25) is 0 Å². The van der Waals surface area contributed by atoms with E-state index in [-0.39, 0.29) is 0 Å². The first-order chi connectivity index (χ1) is 9.35. The average Bonchev–Trinajstić information content (AvgIpc) is 2.44. The van der Waals surface area contributed by atoms with Gasteiger partial charge in [-0.2, -0.15) is 9.98 Å². The molecule has 1 aromatic carbocycles. The van der Waals surface area contributed by atoms with Crippen LogP contribution in [-0.4, -0.2) is 24.2 Å². The lowest BCUT2D eigenvalue weighted by molar-refractivity contribution is 0.546. The van der Waals surface area contributed by atoms with E-state index in [1.165, 1.54) is 6.08 Å². The zero-order valence-electron chi connectivity index (χ0n) is 10.2. The van der Waals surface area contributed by atoms with Gasteiger partial charge in [-0.05, 0) is 17.6 Å². The van der Waals surface area contributed by atoms with E-state index in [0.717, 1.165) is 11.1 Å². The van der Waals surface area contributed by atoms with Crippen LogP contribution in [0.3, 0.4) is 0 Å². The summed E-state index contributed by atoms with van der Waals surface area (Å²) < 4.78 is 0. The first-order valence-corrected chi connectivity index (χ1v) is 5.90. The molecule has 4 nitrogen and oxygen atoms in total. The Labute approximate surface area is 110 Å². The van der Waals surface area contributed by atoms with E-state index in [4.69, 9.17) is 0 Å². The number of hydrogen-bond donors (Lipinski definition) is 0. The van der Waals surface area contributed by atoms with Crippen molar-refractivity contribution in [2.24, 2.45) is 9.98 Å². The van der Waals surface area contributed by atoms with Gasteiger partial charge >= 0.3 is 0 Å². The van der Waals surface area contributed by atoms with E-state index in [1.807, 2.05) is 42.5 Å². The van der Waals surface area contributed by atoms with Crippen LogP contribution in [0.1, 0.15) is 5.56 Å². The molecule has 0 saturated heterocycles. The third-order valence-corrected chi connectivity index (χ3v) is 2.97. The fourth-order valence-electron chi connectivity index (χ4n) is 2.10. The summed E-state index contributed by atoms with van der Waals surface area (Å²) in [6.07, 6.45) is 9.17. The van der Waals surface area contributed by atoms with Crippen molar-refractivity contribution in [2.45, 2.75) is 18.5 Å². The molecule has 94 valence electrons. The van der Waals surface area contributed by atoms with Gasteiger partial charge in [0.1, 0.15) is 12.1 Å². The molecule has 1 aromatic rings. The molecule has 1 aliphatic rings. The van der Waals surface area contributed by atoms with E-state index < -0.39 is 12.1 Å². The van der Waals surface area contributed by atoms with Gasteiger partial charge in [0.25, 0.3) is 0 Å². The van der Waals surface area contributed by atoms with Gasteiger partial charge in [-0.15, -0.1) is 0 Å². The standard InChI is InChI=1S/C15H12N2O2/c18-10-16-14-8-4-7-13(15(14)17-11-19)9-12-5-2-1-3-6-12/h1-8,14-15H,9H2. The van der Waals surface area contributed by atoms with Crippen LogP contribution in [0, 0.1) is 0 Å². The van der Waals surface area contributed by atoms with Crippen molar-refractivity contribution in [1.29, 1.82) is 0 Å². The van der Waals surface area contributed by atoms with Gasteiger partial charge in [0.2, 0.25) is 12.2 Å². The maximum atomic E-state index is 10.5. The van der Waals surface area contributed by atoms with Crippen molar-refractivity contribution >= 4 is 12.2 Å². The number of benzene rings is 1. The molecule has 0 saturated carbocycles. The molecule has 0 fully saturated rings. The monoisotopic (exact) mass is 252 g/mol. The third kappa shape index (κ3) is 3.23. The topological polar surface area (TPSA) is 58.9 Å². The molecule has 19 heavy (non-hydrogen) atoms. The molecular formula is C15H12N2O2. The van der Waals surface area contributed by atoms with Gasteiger partial charge < -0.3 is 0 Å². The molecule has 2 unspecified atom stereocenters. The zero-order valence-corrected chi connectivity index (χ0v) is 10.2. The fourth-order valence-corrected chi connectivity index (χ4v) is 2.10. The second-order valence-electron chi connectivity index (χ2n) is 4.17. The molecule has 1 aliphatic carbocycles. The number of isocyanates is 2. The average molecular weight is 252 g/mol. The predicted octanol–water partition coefficient (Wildman–Crippen LogP) is 2.13. The summed E-state index contributed by atoms with van der Waals surface area (Å²) in [6, 6.07) is 8.91. The summed E-state index contributed by atoms with van der Waals surface area (Å²) >= 11 is 0. The zero-order chi connectivity index (χ0) is 13.5. The predicted molar refractivity (Wildman–Crippen MR) is 71.2 cm³/mol. The molecule has 0 heterocycles. The van der Waals surface area contributed by atoms with Crippen molar-refractivity contribution in [3.05, 3.63) is 59.7 Å². The number of nitrogens with zero attached hydrogens (tertiary/aromatic N) is 2. The van der Waals surface area contributed by atoms with Crippen molar-refractivity contribution in [2.75, 3.05) is 0 Å². The van der Waals surface area contributed by atoms with Crippen LogP contribution in [0.5, 0.6) is 0 Å². The fraction of sp³-hybridized carbons (Fsp3) is 0.200. The number of rotatable bonds is 4. The van der Waals surface area contributed by atoms with Gasteiger partial charge in [0.05, 0.1) is 0 Å². The summed E-state index contributed by atoms with van der Waals surface area (Å²) in [4.78, 5) is 28.4. The maximum absolute atomic E-state index is 10.5. The molecule has 2 atom stereocenters. The minimum absolute atomic E-state index is 0.468. The smallest absolute Gasteiger partial charge is 0.211 e. The Morgan fingerprint density at radius 2 is 1.79 bits per heavy atom. The first kappa shape index (κ1) is 12.9. The highest BCUT2D eigenvalue weighted by Gasteiger charge is 2.24. The van der Waals surface area contributed by atoms with Crippen molar-refractivity contribution in [1.82, 2.24) is 0 Å². The van der Waals surface area contributed by atoms with E-state index in [0.29, 0.717) is 6.42 Å². The number of hydrogen-bond acceptors (Lipinski definition) is 4. The second-order valence-corrected chi connectivity index (χ2v) is 4.17. The lowest BCUT2D eigenvalue weighted by Crippen LogP contribution is -2.26. The van der Waals surface area contributed by atoms with Crippen LogP contribution in [0.25, 0.3) is 0 Å². The summed E-state index contributed by atoms with van der Waals surface area (Å²) in [5.41, 5.74) is 2.05. The van der Waals surface area contributed by atoms with Gasteiger partial charge in [0.15, 0.2) is 0 Å².